The third-order valence-electron chi connectivity index (χ3n) is 2.18. The van der Waals surface area contributed by atoms with Gasteiger partial charge >= 0.3 is 0 Å². The molecule has 0 aliphatic rings. The first kappa shape index (κ1) is 13.0. The molecule has 0 bridgehead atoms. The van der Waals surface area contributed by atoms with E-state index in [0.29, 0.717) is 11.6 Å². The standard InChI is InChI=1S/C12H12FN5O/c1-18-16-12(15-17-18)8-19-10-5-4-9(3-2-6-14)11(13)7-10/h4-5,7H,6,8,14H2,1H3. The van der Waals surface area contributed by atoms with Crippen LogP contribution in [0.4, 0.5) is 4.39 Å². The van der Waals surface area contributed by atoms with Gasteiger partial charge in [0.2, 0.25) is 5.82 Å². The molecule has 0 radical (unpaired) electrons. The zero-order chi connectivity index (χ0) is 13.7. The third-order valence-corrected chi connectivity index (χ3v) is 2.18. The van der Waals surface area contributed by atoms with Crippen LogP contribution >= 0.6 is 0 Å². The van der Waals surface area contributed by atoms with Gasteiger partial charge in [0.15, 0.2) is 6.61 Å². The molecule has 1 aromatic heterocycles. The van der Waals surface area contributed by atoms with Gasteiger partial charge in [0.25, 0.3) is 0 Å². The van der Waals surface area contributed by atoms with E-state index in [1.165, 1.54) is 16.9 Å². The molecular weight excluding hydrogens is 249 g/mol. The van der Waals surface area contributed by atoms with Gasteiger partial charge in [-0.25, -0.2) is 4.39 Å². The molecule has 6 nitrogen and oxygen atoms in total. The second-order valence-corrected chi connectivity index (χ2v) is 3.63. The molecule has 2 rings (SSSR count). The molecule has 0 saturated carbocycles. The van der Waals surface area contributed by atoms with E-state index >= 15 is 0 Å². The highest BCUT2D eigenvalue weighted by molar-refractivity contribution is 5.39. The van der Waals surface area contributed by atoms with Crippen molar-refractivity contribution in [3.8, 4) is 17.6 Å². The first-order valence-corrected chi connectivity index (χ1v) is 5.53. The van der Waals surface area contributed by atoms with Gasteiger partial charge in [-0.1, -0.05) is 11.8 Å². The Labute approximate surface area is 109 Å². The van der Waals surface area contributed by atoms with Gasteiger partial charge in [-0.2, -0.15) is 4.80 Å². The second kappa shape index (κ2) is 5.93. The summed E-state index contributed by atoms with van der Waals surface area (Å²) < 4.78 is 19.0. The maximum Gasteiger partial charge on any atom is 0.212 e. The van der Waals surface area contributed by atoms with Crippen LogP contribution in [0.1, 0.15) is 11.4 Å². The predicted octanol–water partition coefficient (Wildman–Crippen LogP) is 0.238. The topological polar surface area (TPSA) is 78.8 Å². The fourth-order valence-electron chi connectivity index (χ4n) is 1.36. The van der Waals surface area contributed by atoms with Crippen molar-refractivity contribution in [1.29, 1.82) is 0 Å². The summed E-state index contributed by atoms with van der Waals surface area (Å²) in [7, 11) is 1.65. The molecular formula is C12H12FN5O. The summed E-state index contributed by atoms with van der Waals surface area (Å²) in [5.74, 6) is 5.58. The summed E-state index contributed by atoms with van der Waals surface area (Å²) in [6.45, 7) is 0.317. The van der Waals surface area contributed by atoms with Gasteiger partial charge in [-0.05, 0) is 17.3 Å². The summed E-state index contributed by atoms with van der Waals surface area (Å²) in [5.41, 5.74) is 5.52. The SMILES string of the molecule is Cn1nnc(COc2ccc(C#CCN)c(F)c2)n1. The quantitative estimate of drug-likeness (QED) is 0.801. The van der Waals surface area contributed by atoms with Crippen LogP contribution in [0.2, 0.25) is 0 Å². The molecule has 19 heavy (non-hydrogen) atoms. The Bertz CT molecular complexity index is 629. The van der Waals surface area contributed by atoms with Crippen molar-refractivity contribution in [1.82, 2.24) is 20.2 Å². The fourth-order valence-corrected chi connectivity index (χ4v) is 1.36. The molecule has 2 N–H and O–H groups in total. The normalized spacial score (nSPS) is 9.84. The van der Waals surface area contributed by atoms with Gasteiger partial charge in [0, 0.05) is 6.07 Å². The number of benzene rings is 1. The average molecular weight is 261 g/mol. The number of tetrazole rings is 1. The van der Waals surface area contributed by atoms with E-state index < -0.39 is 5.82 Å². The molecule has 1 aromatic carbocycles. The Balaban J connectivity index is 2.03. The van der Waals surface area contributed by atoms with E-state index in [-0.39, 0.29) is 18.7 Å². The molecule has 0 aliphatic carbocycles. The minimum absolute atomic E-state index is 0.126. The Kier molecular flexibility index (Phi) is 4.05. The van der Waals surface area contributed by atoms with E-state index in [2.05, 4.69) is 27.3 Å². The summed E-state index contributed by atoms with van der Waals surface area (Å²) in [4.78, 5) is 1.32. The van der Waals surface area contributed by atoms with Crippen molar-refractivity contribution in [2.75, 3.05) is 6.54 Å². The van der Waals surface area contributed by atoms with Crippen molar-refractivity contribution in [3.63, 3.8) is 0 Å². The summed E-state index contributed by atoms with van der Waals surface area (Å²) >= 11 is 0. The second-order valence-electron chi connectivity index (χ2n) is 3.63. The van der Waals surface area contributed by atoms with Gasteiger partial charge in [-0.3, -0.25) is 0 Å². The van der Waals surface area contributed by atoms with Crippen molar-refractivity contribution in [2.24, 2.45) is 12.8 Å². The number of nitrogens with zero attached hydrogens (tertiary/aromatic N) is 4. The zero-order valence-electron chi connectivity index (χ0n) is 10.3. The highest BCUT2D eigenvalue weighted by Gasteiger charge is 2.05. The molecule has 0 atom stereocenters. The summed E-state index contributed by atoms with van der Waals surface area (Å²) in [5, 5.41) is 11.4. The van der Waals surface area contributed by atoms with Crippen LogP contribution in [0.5, 0.6) is 5.75 Å². The van der Waals surface area contributed by atoms with Crippen LogP contribution in [0.25, 0.3) is 0 Å². The van der Waals surface area contributed by atoms with Crippen LogP contribution in [0.3, 0.4) is 0 Å². The fraction of sp³-hybridized carbons (Fsp3) is 0.250. The maximum absolute atomic E-state index is 13.6. The lowest BCUT2D eigenvalue weighted by Gasteiger charge is -2.04. The molecule has 0 amide bonds. The first-order chi connectivity index (χ1) is 9.19. The third kappa shape index (κ3) is 3.50. The number of aryl methyl sites for hydroxylation is 1. The number of hydrogen-bond donors (Lipinski definition) is 1. The zero-order valence-corrected chi connectivity index (χ0v) is 10.3. The highest BCUT2D eigenvalue weighted by atomic mass is 19.1. The van der Waals surface area contributed by atoms with Crippen LogP contribution in [0, 0.1) is 17.7 Å². The van der Waals surface area contributed by atoms with Gasteiger partial charge in [-0.15, -0.1) is 10.2 Å². The smallest absolute Gasteiger partial charge is 0.212 e. The molecule has 2 aromatic rings. The van der Waals surface area contributed by atoms with Crippen molar-refractivity contribution in [3.05, 3.63) is 35.4 Å². The predicted molar refractivity (Wildman–Crippen MR) is 65.5 cm³/mol. The maximum atomic E-state index is 13.6. The highest BCUT2D eigenvalue weighted by Crippen LogP contribution is 2.16. The number of hydrogen-bond acceptors (Lipinski definition) is 5. The number of nitrogens with two attached hydrogens (primary N) is 1. The Morgan fingerprint density at radius 3 is 2.95 bits per heavy atom. The van der Waals surface area contributed by atoms with Crippen LogP contribution in [0.15, 0.2) is 18.2 Å². The molecule has 0 fully saturated rings. The molecule has 0 unspecified atom stereocenters. The monoisotopic (exact) mass is 261 g/mol. The van der Waals surface area contributed by atoms with E-state index in [1.54, 1.807) is 13.1 Å². The van der Waals surface area contributed by atoms with Crippen LogP contribution in [-0.2, 0) is 13.7 Å². The van der Waals surface area contributed by atoms with Crippen LogP contribution in [-0.4, -0.2) is 26.8 Å². The summed E-state index contributed by atoms with van der Waals surface area (Å²) in [6.07, 6.45) is 0. The Hall–Kier alpha value is -2.46. The molecule has 0 saturated heterocycles. The van der Waals surface area contributed by atoms with E-state index in [1.807, 2.05) is 0 Å². The lowest BCUT2D eigenvalue weighted by molar-refractivity contribution is 0.294. The largest absolute Gasteiger partial charge is 0.485 e. The molecule has 1 heterocycles. The number of aromatic nitrogens is 4. The average Bonchev–Trinajstić information content (AvgIpc) is 2.81. The molecule has 0 spiro atoms. The molecule has 98 valence electrons. The Morgan fingerprint density at radius 1 is 1.47 bits per heavy atom. The number of halogens is 1. The number of rotatable bonds is 3. The van der Waals surface area contributed by atoms with E-state index in [0.717, 1.165) is 0 Å². The van der Waals surface area contributed by atoms with Gasteiger partial charge < -0.3 is 10.5 Å². The van der Waals surface area contributed by atoms with Crippen LogP contribution < -0.4 is 10.5 Å². The van der Waals surface area contributed by atoms with E-state index in [4.69, 9.17) is 10.5 Å². The van der Waals surface area contributed by atoms with Gasteiger partial charge in [0.05, 0.1) is 19.2 Å². The summed E-state index contributed by atoms with van der Waals surface area (Å²) in [6, 6.07) is 4.42. The lowest BCUT2D eigenvalue weighted by atomic mass is 10.2. The molecule has 7 heteroatoms. The lowest BCUT2D eigenvalue weighted by Crippen LogP contribution is -2.00. The molecule has 0 aliphatic heterocycles. The van der Waals surface area contributed by atoms with Gasteiger partial charge in [0.1, 0.15) is 11.6 Å². The van der Waals surface area contributed by atoms with Crippen molar-refractivity contribution >= 4 is 0 Å². The minimum Gasteiger partial charge on any atom is -0.485 e. The first-order valence-electron chi connectivity index (χ1n) is 5.53. The van der Waals surface area contributed by atoms with Crippen molar-refractivity contribution in [2.45, 2.75) is 6.61 Å². The van der Waals surface area contributed by atoms with Crippen molar-refractivity contribution < 1.29 is 9.13 Å². The van der Waals surface area contributed by atoms with E-state index in [9.17, 15) is 4.39 Å². The minimum atomic E-state index is -0.453. The number of ether oxygens (including phenoxy) is 1. The Morgan fingerprint density at radius 2 is 2.32 bits per heavy atom.